The lowest BCUT2D eigenvalue weighted by Crippen LogP contribution is -2.20. The van der Waals surface area contributed by atoms with E-state index in [-0.39, 0.29) is 11.8 Å². The summed E-state index contributed by atoms with van der Waals surface area (Å²) in [5, 5.41) is 2.70. The minimum absolute atomic E-state index is 0.0476. The molecule has 0 aliphatic heterocycles. The largest absolute Gasteiger partial charge is 0.467 e. The number of hydrogen-bond donors (Lipinski definition) is 1. The molecule has 0 bridgehead atoms. The second kappa shape index (κ2) is 6.02. The van der Waals surface area contributed by atoms with Crippen LogP contribution in [0.1, 0.15) is 18.4 Å². The van der Waals surface area contributed by atoms with Crippen molar-refractivity contribution in [2.75, 3.05) is 23.8 Å². The van der Waals surface area contributed by atoms with Gasteiger partial charge in [0.2, 0.25) is 5.95 Å². The first-order valence-corrected chi connectivity index (χ1v) is 6.34. The third kappa shape index (κ3) is 3.87. The maximum atomic E-state index is 12.9. The summed E-state index contributed by atoms with van der Waals surface area (Å²) in [4.78, 5) is 9.12. The SMILES string of the molecule is CCNc1nc(N(C)Cc2ccco2)cc(C(F)(F)F)n1. The first kappa shape index (κ1) is 15.1. The van der Waals surface area contributed by atoms with Gasteiger partial charge in [-0.05, 0) is 19.1 Å². The molecule has 0 aromatic carbocycles. The quantitative estimate of drug-likeness (QED) is 0.919. The van der Waals surface area contributed by atoms with Gasteiger partial charge in [0.1, 0.15) is 11.6 Å². The zero-order valence-electron chi connectivity index (χ0n) is 11.6. The summed E-state index contributed by atoms with van der Waals surface area (Å²) >= 11 is 0. The number of aromatic nitrogens is 2. The van der Waals surface area contributed by atoms with Crippen molar-refractivity contribution in [1.82, 2.24) is 9.97 Å². The molecule has 0 saturated heterocycles. The van der Waals surface area contributed by atoms with Crippen molar-refractivity contribution in [2.24, 2.45) is 0 Å². The fraction of sp³-hybridized carbons (Fsp3) is 0.385. The molecule has 1 N–H and O–H groups in total. The van der Waals surface area contributed by atoms with Crippen LogP contribution >= 0.6 is 0 Å². The Morgan fingerprint density at radius 1 is 1.33 bits per heavy atom. The predicted molar refractivity (Wildman–Crippen MR) is 72.0 cm³/mol. The molecular weight excluding hydrogens is 285 g/mol. The summed E-state index contributed by atoms with van der Waals surface area (Å²) < 4.78 is 43.8. The highest BCUT2D eigenvalue weighted by Gasteiger charge is 2.34. The van der Waals surface area contributed by atoms with Crippen molar-refractivity contribution in [1.29, 1.82) is 0 Å². The average Bonchev–Trinajstić information content (AvgIpc) is 2.90. The van der Waals surface area contributed by atoms with Gasteiger partial charge in [0, 0.05) is 19.7 Å². The van der Waals surface area contributed by atoms with E-state index in [2.05, 4.69) is 15.3 Å². The van der Waals surface area contributed by atoms with Crippen molar-refractivity contribution in [3.8, 4) is 0 Å². The van der Waals surface area contributed by atoms with Crippen LogP contribution in [0.2, 0.25) is 0 Å². The van der Waals surface area contributed by atoms with Crippen LogP contribution < -0.4 is 10.2 Å². The number of hydrogen-bond acceptors (Lipinski definition) is 5. The van der Waals surface area contributed by atoms with Crippen molar-refractivity contribution in [3.05, 3.63) is 35.9 Å². The third-order valence-electron chi connectivity index (χ3n) is 2.70. The van der Waals surface area contributed by atoms with Gasteiger partial charge in [-0.25, -0.2) is 4.98 Å². The van der Waals surface area contributed by atoms with Crippen LogP contribution in [0.25, 0.3) is 0 Å². The van der Waals surface area contributed by atoms with Crippen molar-refractivity contribution in [2.45, 2.75) is 19.6 Å². The lowest BCUT2D eigenvalue weighted by atomic mass is 10.3. The number of nitrogens with one attached hydrogen (secondary N) is 1. The highest BCUT2D eigenvalue weighted by Crippen LogP contribution is 2.30. The Balaban J connectivity index is 2.30. The second-order valence-electron chi connectivity index (χ2n) is 4.40. The molecule has 0 saturated carbocycles. The zero-order valence-corrected chi connectivity index (χ0v) is 11.6. The zero-order chi connectivity index (χ0) is 15.5. The Morgan fingerprint density at radius 3 is 2.67 bits per heavy atom. The van der Waals surface area contributed by atoms with Crippen LogP contribution in [-0.4, -0.2) is 23.6 Å². The van der Waals surface area contributed by atoms with E-state index in [9.17, 15) is 13.2 Å². The van der Waals surface area contributed by atoms with Crippen LogP contribution in [0.4, 0.5) is 24.9 Å². The van der Waals surface area contributed by atoms with Crippen LogP contribution in [0, 0.1) is 0 Å². The predicted octanol–water partition coefficient (Wildman–Crippen LogP) is 3.16. The first-order valence-electron chi connectivity index (χ1n) is 6.34. The van der Waals surface area contributed by atoms with Gasteiger partial charge in [-0.1, -0.05) is 0 Å². The molecule has 2 heterocycles. The fourth-order valence-corrected chi connectivity index (χ4v) is 1.73. The Labute approximate surface area is 119 Å². The molecule has 114 valence electrons. The summed E-state index contributed by atoms with van der Waals surface area (Å²) in [6.07, 6.45) is -3.01. The third-order valence-corrected chi connectivity index (χ3v) is 2.70. The Morgan fingerprint density at radius 2 is 2.10 bits per heavy atom. The Bertz CT molecular complexity index is 584. The summed E-state index contributed by atoms with van der Waals surface area (Å²) in [6, 6.07) is 4.38. The van der Waals surface area contributed by atoms with Gasteiger partial charge in [0.05, 0.1) is 12.8 Å². The summed E-state index contributed by atoms with van der Waals surface area (Å²) in [5.74, 6) is 0.757. The molecular formula is C13H15F3N4O. The minimum atomic E-state index is -4.52. The standard InChI is InChI=1S/C13H15F3N4O/c1-3-17-12-18-10(13(14,15)16)7-11(19-12)20(2)8-9-5-4-6-21-9/h4-7H,3,8H2,1-2H3,(H,17,18,19). The summed E-state index contributed by atoms with van der Waals surface area (Å²) in [6.45, 7) is 2.51. The maximum absolute atomic E-state index is 12.9. The summed E-state index contributed by atoms with van der Waals surface area (Å²) in [7, 11) is 1.64. The minimum Gasteiger partial charge on any atom is -0.467 e. The molecule has 0 amide bonds. The first-order chi connectivity index (χ1) is 9.90. The highest BCUT2D eigenvalue weighted by atomic mass is 19.4. The lowest BCUT2D eigenvalue weighted by molar-refractivity contribution is -0.141. The number of nitrogens with zero attached hydrogens (tertiary/aromatic N) is 3. The molecule has 0 aliphatic carbocycles. The lowest BCUT2D eigenvalue weighted by Gasteiger charge is -2.19. The van der Waals surface area contributed by atoms with Gasteiger partial charge in [0.15, 0.2) is 5.69 Å². The molecule has 0 radical (unpaired) electrons. The molecule has 21 heavy (non-hydrogen) atoms. The normalized spacial score (nSPS) is 11.5. The van der Waals surface area contributed by atoms with Crippen molar-refractivity contribution >= 4 is 11.8 Å². The topological polar surface area (TPSA) is 54.2 Å². The Kier molecular flexibility index (Phi) is 4.35. The van der Waals surface area contributed by atoms with Gasteiger partial charge in [-0.3, -0.25) is 0 Å². The van der Waals surface area contributed by atoms with Crippen molar-refractivity contribution < 1.29 is 17.6 Å². The van der Waals surface area contributed by atoms with E-state index < -0.39 is 11.9 Å². The number of furan rings is 1. The average molecular weight is 300 g/mol. The van der Waals surface area contributed by atoms with Crippen LogP contribution in [-0.2, 0) is 12.7 Å². The van der Waals surface area contributed by atoms with Gasteiger partial charge in [0.25, 0.3) is 0 Å². The summed E-state index contributed by atoms with van der Waals surface area (Å²) in [5.41, 5.74) is -0.977. The van der Waals surface area contributed by atoms with E-state index in [1.165, 1.54) is 6.26 Å². The van der Waals surface area contributed by atoms with Gasteiger partial charge < -0.3 is 14.6 Å². The number of alkyl halides is 3. The second-order valence-corrected chi connectivity index (χ2v) is 4.40. The van der Waals surface area contributed by atoms with E-state index in [0.717, 1.165) is 6.07 Å². The van der Waals surface area contributed by atoms with Gasteiger partial charge in [-0.2, -0.15) is 18.2 Å². The van der Waals surface area contributed by atoms with E-state index in [0.29, 0.717) is 18.8 Å². The fourth-order valence-electron chi connectivity index (χ4n) is 1.73. The van der Waals surface area contributed by atoms with Crippen LogP contribution in [0.5, 0.6) is 0 Å². The highest BCUT2D eigenvalue weighted by molar-refractivity contribution is 5.45. The number of rotatable bonds is 5. The molecule has 2 rings (SSSR count). The molecule has 0 aliphatic rings. The number of anilines is 2. The molecule has 2 aromatic rings. The molecule has 0 fully saturated rings. The van der Waals surface area contributed by atoms with Gasteiger partial charge >= 0.3 is 6.18 Å². The molecule has 0 spiro atoms. The van der Waals surface area contributed by atoms with Gasteiger partial charge in [-0.15, -0.1) is 0 Å². The number of halogens is 3. The molecule has 5 nitrogen and oxygen atoms in total. The Hall–Kier alpha value is -2.25. The van der Waals surface area contributed by atoms with Crippen molar-refractivity contribution in [3.63, 3.8) is 0 Å². The van der Waals surface area contributed by atoms with Crippen LogP contribution in [0.15, 0.2) is 28.9 Å². The monoisotopic (exact) mass is 300 g/mol. The molecule has 0 unspecified atom stereocenters. The maximum Gasteiger partial charge on any atom is 0.433 e. The smallest absolute Gasteiger partial charge is 0.433 e. The van der Waals surface area contributed by atoms with E-state index in [1.54, 1.807) is 31.0 Å². The molecule has 0 atom stereocenters. The van der Waals surface area contributed by atoms with Crippen LogP contribution in [0.3, 0.4) is 0 Å². The molecule has 2 aromatic heterocycles. The molecule has 8 heteroatoms. The van der Waals surface area contributed by atoms with E-state index in [1.807, 2.05) is 0 Å². The van der Waals surface area contributed by atoms with E-state index >= 15 is 0 Å². The van der Waals surface area contributed by atoms with E-state index in [4.69, 9.17) is 4.42 Å².